The fourth-order valence-electron chi connectivity index (χ4n) is 3.02. The van der Waals surface area contributed by atoms with Crippen molar-refractivity contribution in [3.05, 3.63) is 70.8 Å². The average Bonchev–Trinajstić information content (AvgIpc) is 3.13. The number of hydrogen-bond donors (Lipinski definition) is 2. The van der Waals surface area contributed by atoms with Crippen LogP contribution in [0.2, 0.25) is 5.02 Å². The first-order chi connectivity index (χ1) is 13.4. The number of hydrogen-bond acceptors (Lipinski definition) is 5. The first-order valence-electron chi connectivity index (χ1n) is 8.75. The number of esters is 1. The molecule has 6 nitrogen and oxygen atoms in total. The molecule has 0 saturated carbocycles. The monoisotopic (exact) mass is 420 g/mol. The van der Waals surface area contributed by atoms with Gasteiger partial charge in [0, 0.05) is 23.7 Å². The minimum Gasteiger partial charge on any atom is -0.465 e. The number of benzene rings is 2. The summed E-state index contributed by atoms with van der Waals surface area (Å²) in [6.45, 7) is 0.532. The molecule has 0 spiro atoms. The van der Waals surface area contributed by atoms with Gasteiger partial charge in [-0.3, -0.25) is 0 Å². The molecule has 1 aliphatic rings. The van der Waals surface area contributed by atoms with Crippen LogP contribution in [-0.4, -0.2) is 40.1 Å². The van der Waals surface area contributed by atoms with Gasteiger partial charge in [0.25, 0.3) is 0 Å². The second-order valence-electron chi connectivity index (χ2n) is 6.50. The lowest BCUT2D eigenvalue weighted by Gasteiger charge is -2.12. The molecule has 8 heteroatoms. The Hall–Kier alpha value is -2.19. The van der Waals surface area contributed by atoms with E-state index in [4.69, 9.17) is 16.3 Å². The van der Waals surface area contributed by atoms with Crippen LogP contribution >= 0.6 is 11.6 Å². The predicted octanol–water partition coefficient (Wildman–Crippen LogP) is 2.85. The molecule has 2 aromatic rings. The Morgan fingerprint density at radius 1 is 1.25 bits per heavy atom. The van der Waals surface area contributed by atoms with E-state index >= 15 is 0 Å². The molecule has 3 rings (SSSR count). The van der Waals surface area contributed by atoms with E-state index in [1.54, 1.807) is 30.3 Å². The second kappa shape index (κ2) is 8.87. The van der Waals surface area contributed by atoms with E-state index in [9.17, 15) is 13.2 Å². The smallest absolute Gasteiger partial charge is 0.337 e. The highest BCUT2D eigenvalue weighted by molar-refractivity contribution is 7.89. The van der Waals surface area contributed by atoms with Crippen molar-refractivity contribution in [1.29, 1.82) is 0 Å². The molecule has 0 aromatic heterocycles. The van der Waals surface area contributed by atoms with Crippen LogP contribution < -0.4 is 10.0 Å². The van der Waals surface area contributed by atoms with Gasteiger partial charge >= 0.3 is 5.97 Å². The quantitative estimate of drug-likeness (QED) is 0.702. The number of nitrogens with one attached hydrogen (secondary N) is 2. The topological polar surface area (TPSA) is 84.5 Å². The largest absolute Gasteiger partial charge is 0.465 e. The summed E-state index contributed by atoms with van der Waals surface area (Å²) < 4.78 is 32.4. The highest BCUT2D eigenvalue weighted by atomic mass is 35.5. The summed E-state index contributed by atoms with van der Waals surface area (Å²) in [6, 6.07) is 13.0. The summed E-state index contributed by atoms with van der Waals surface area (Å²) in [5.41, 5.74) is 1.35. The van der Waals surface area contributed by atoms with Crippen molar-refractivity contribution in [2.75, 3.05) is 13.7 Å². The fourth-order valence-corrected chi connectivity index (χ4v) is 4.39. The first kappa shape index (κ1) is 20.5. The van der Waals surface area contributed by atoms with E-state index in [-0.39, 0.29) is 22.9 Å². The molecule has 148 valence electrons. The summed E-state index contributed by atoms with van der Waals surface area (Å²) in [4.78, 5) is 11.8. The van der Waals surface area contributed by atoms with Gasteiger partial charge in [-0.15, -0.1) is 0 Å². The van der Waals surface area contributed by atoms with Gasteiger partial charge in [-0.2, -0.15) is 0 Å². The van der Waals surface area contributed by atoms with Crippen LogP contribution in [0.5, 0.6) is 0 Å². The van der Waals surface area contributed by atoms with Crippen LogP contribution in [-0.2, 0) is 14.8 Å². The molecular weight excluding hydrogens is 400 g/mol. The Morgan fingerprint density at radius 2 is 2.00 bits per heavy atom. The molecule has 2 aromatic carbocycles. The number of rotatable bonds is 6. The molecular formula is C20H21ClN2O4S. The lowest BCUT2D eigenvalue weighted by Crippen LogP contribution is -2.36. The normalized spacial score (nSPS) is 19.8. The molecule has 0 bridgehead atoms. The summed E-state index contributed by atoms with van der Waals surface area (Å²) in [5.74, 6) is -0.383. The Balaban J connectivity index is 1.60. The predicted molar refractivity (Wildman–Crippen MR) is 109 cm³/mol. The number of methoxy groups -OCH3 is 1. The van der Waals surface area contributed by atoms with Crippen LogP contribution in [0, 0.1) is 0 Å². The molecule has 2 N–H and O–H groups in total. The lowest BCUT2D eigenvalue weighted by molar-refractivity contribution is 0.0600. The third-order valence-electron chi connectivity index (χ3n) is 4.44. The summed E-state index contributed by atoms with van der Waals surface area (Å²) in [5, 5.41) is 3.77. The number of halogens is 1. The minimum absolute atomic E-state index is 0.0275. The van der Waals surface area contributed by atoms with E-state index in [0.29, 0.717) is 23.6 Å². The van der Waals surface area contributed by atoms with Gasteiger partial charge in [0.05, 0.1) is 17.6 Å². The molecule has 0 radical (unpaired) electrons. The van der Waals surface area contributed by atoms with E-state index in [0.717, 1.165) is 5.56 Å². The van der Waals surface area contributed by atoms with E-state index in [2.05, 4.69) is 10.0 Å². The van der Waals surface area contributed by atoms with Crippen LogP contribution in [0.15, 0.2) is 59.5 Å². The van der Waals surface area contributed by atoms with Crippen molar-refractivity contribution < 1.29 is 17.9 Å². The SMILES string of the molecule is COC(=O)c1cccc(/C=C/[C@@H]2C[C@@H](NS(=O)(=O)c3ccc(Cl)cc3)CN2)c1. The van der Waals surface area contributed by atoms with E-state index in [1.165, 1.54) is 19.2 Å². The third kappa shape index (κ3) is 5.20. The maximum atomic E-state index is 12.5. The van der Waals surface area contributed by atoms with Crippen LogP contribution in [0.25, 0.3) is 6.08 Å². The van der Waals surface area contributed by atoms with Crippen molar-refractivity contribution in [1.82, 2.24) is 10.0 Å². The summed E-state index contributed by atoms with van der Waals surface area (Å²) in [6.07, 6.45) is 4.49. The van der Waals surface area contributed by atoms with Gasteiger partial charge in [0.1, 0.15) is 0 Å². The van der Waals surface area contributed by atoms with Crippen molar-refractivity contribution in [2.24, 2.45) is 0 Å². The van der Waals surface area contributed by atoms with E-state index < -0.39 is 10.0 Å². The van der Waals surface area contributed by atoms with Crippen molar-refractivity contribution in [2.45, 2.75) is 23.4 Å². The van der Waals surface area contributed by atoms with Crippen molar-refractivity contribution >= 4 is 33.7 Å². The molecule has 1 fully saturated rings. The molecule has 0 unspecified atom stereocenters. The highest BCUT2D eigenvalue weighted by Gasteiger charge is 2.27. The standard InChI is InChI=1S/C20H21ClN2O4S/c1-27-20(24)15-4-2-3-14(11-15)5-8-17-12-18(13-22-17)23-28(25,26)19-9-6-16(21)7-10-19/h2-11,17-18,22-23H,12-13H2,1H3/b8-5+/t17-,18-/m1/s1. The third-order valence-corrected chi connectivity index (χ3v) is 6.23. The fraction of sp³-hybridized carbons (Fsp3) is 0.250. The Kier molecular flexibility index (Phi) is 6.51. The zero-order valence-corrected chi connectivity index (χ0v) is 16.8. The van der Waals surface area contributed by atoms with Crippen LogP contribution in [0.3, 0.4) is 0 Å². The zero-order chi connectivity index (χ0) is 20.1. The molecule has 2 atom stereocenters. The zero-order valence-electron chi connectivity index (χ0n) is 15.3. The van der Waals surface area contributed by atoms with Gasteiger partial charge in [-0.05, 0) is 48.4 Å². The molecule has 0 aliphatic carbocycles. The molecule has 0 amide bonds. The molecule has 1 saturated heterocycles. The number of sulfonamides is 1. The Bertz CT molecular complexity index is 974. The average molecular weight is 421 g/mol. The maximum absolute atomic E-state index is 12.5. The molecule has 1 heterocycles. The second-order valence-corrected chi connectivity index (χ2v) is 8.65. The highest BCUT2D eigenvalue weighted by Crippen LogP contribution is 2.17. The van der Waals surface area contributed by atoms with E-state index in [1.807, 2.05) is 18.2 Å². The Labute approximate surface area is 169 Å². The van der Waals surface area contributed by atoms with Gasteiger partial charge in [-0.1, -0.05) is 35.9 Å². The number of carbonyl (C=O) groups excluding carboxylic acids is 1. The van der Waals surface area contributed by atoms with Crippen LogP contribution in [0.4, 0.5) is 0 Å². The summed E-state index contributed by atoms with van der Waals surface area (Å²) in [7, 11) is -2.25. The molecule has 28 heavy (non-hydrogen) atoms. The summed E-state index contributed by atoms with van der Waals surface area (Å²) >= 11 is 5.81. The molecule has 1 aliphatic heterocycles. The van der Waals surface area contributed by atoms with Gasteiger partial charge in [0.15, 0.2) is 0 Å². The first-order valence-corrected chi connectivity index (χ1v) is 10.6. The lowest BCUT2D eigenvalue weighted by atomic mass is 10.1. The van der Waals surface area contributed by atoms with Crippen molar-refractivity contribution in [3.8, 4) is 0 Å². The number of ether oxygens (including phenoxy) is 1. The maximum Gasteiger partial charge on any atom is 0.337 e. The van der Waals surface area contributed by atoms with Crippen LogP contribution in [0.1, 0.15) is 22.3 Å². The van der Waals surface area contributed by atoms with Gasteiger partial charge in [-0.25, -0.2) is 17.9 Å². The Morgan fingerprint density at radius 3 is 2.71 bits per heavy atom. The van der Waals surface area contributed by atoms with Crippen molar-refractivity contribution in [3.63, 3.8) is 0 Å². The minimum atomic E-state index is -3.59. The van der Waals surface area contributed by atoms with Gasteiger partial charge < -0.3 is 10.1 Å². The van der Waals surface area contributed by atoms with Gasteiger partial charge in [0.2, 0.25) is 10.0 Å². The number of carbonyl (C=O) groups is 1.